The molecule has 10 rings (SSSR count). The van der Waals surface area contributed by atoms with Crippen molar-refractivity contribution in [3.63, 3.8) is 0 Å². The Balaban J connectivity index is 1.14. The minimum atomic E-state index is 0.699. The molecule has 0 atom stereocenters. The lowest BCUT2D eigenvalue weighted by molar-refractivity contribution is 0.670. The van der Waals surface area contributed by atoms with Crippen LogP contribution in [0.3, 0.4) is 0 Å². The van der Waals surface area contributed by atoms with Gasteiger partial charge in [0.15, 0.2) is 5.82 Å². The molecule has 0 spiro atoms. The second-order valence-electron chi connectivity index (χ2n) is 13.0. The largest absolute Gasteiger partial charge is 0.455 e. The van der Waals surface area contributed by atoms with Crippen molar-refractivity contribution in [1.82, 2.24) is 9.97 Å². The summed E-state index contributed by atoms with van der Waals surface area (Å²) < 4.78 is 6.37. The second kappa shape index (κ2) is 11.9. The van der Waals surface area contributed by atoms with Crippen LogP contribution >= 0.6 is 0 Å². The maximum absolute atomic E-state index is 6.37. The number of hydrogen-bond donors (Lipinski definition) is 0. The third kappa shape index (κ3) is 5.06. The van der Waals surface area contributed by atoms with Gasteiger partial charge in [0.1, 0.15) is 11.2 Å². The lowest BCUT2D eigenvalue weighted by Gasteiger charge is -2.16. The van der Waals surface area contributed by atoms with Crippen LogP contribution in [0.5, 0.6) is 0 Å². The van der Waals surface area contributed by atoms with Crippen molar-refractivity contribution in [2.75, 3.05) is 0 Å². The van der Waals surface area contributed by atoms with Gasteiger partial charge in [0.2, 0.25) is 0 Å². The monoisotopic (exact) mass is 650 g/mol. The van der Waals surface area contributed by atoms with E-state index in [2.05, 4.69) is 152 Å². The predicted octanol–water partition coefficient (Wildman–Crippen LogP) is 13.0. The van der Waals surface area contributed by atoms with Crippen LogP contribution in [0.4, 0.5) is 0 Å². The van der Waals surface area contributed by atoms with E-state index >= 15 is 0 Å². The van der Waals surface area contributed by atoms with Crippen LogP contribution in [0.2, 0.25) is 0 Å². The molecule has 0 radical (unpaired) electrons. The van der Waals surface area contributed by atoms with Gasteiger partial charge >= 0.3 is 0 Å². The third-order valence-corrected chi connectivity index (χ3v) is 9.88. The van der Waals surface area contributed by atoms with Crippen LogP contribution in [0.1, 0.15) is 0 Å². The molecule has 0 fully saturated rings. The fourth-order valence-corrected chi connectivity index (χ4v) is 7.39. The number of furan rings is 1. The van der Waals surface area contributed by atoms with E-state index in [1.807, 2.05) is 30.3 Å². The summed E-state index contributed by atoms with van der Waals surface area (Å²) in [6.07, 6.45) is 0. The summed E-state index contributed by atoms with van der Waals surface area (Å²) in [5, 5.41) is 6.90. The average Bonchev–Trinajstić information content (AvgIpc) is 3.59. The molecule has 51 heavy (non-hydrogen) atoms. The first kappa shape index (κ1) is 29.1. The molecule has 0 saturated heterocycles. The van der Waals surface area contributed by atoms with Crippen molar-refractivity contribution >= 4 is 43.5 Å². The van der Waals surface area contributed by atoms with Crippen molar-refractivity contribution < 1.29 is 4.42 Å². The molecule has 2 heterocycles. The Kier molecular flexibility index (Phi) is 6.81. The van der Waals surface area contributed by atoms with E-state index in [4.69, 9.17) is 14.4 Å². The van der Waals surface area contributed by atoms with Crippen molar-refractivity contribution in [3.8, 4) is 56.2 Å². The van der Waals surface area contributed by atoms with Gasteiger partial charge in [-0.1, -0.05) is 158 Å². The number of para-hydroxylation sites is 2. The van der Waals surface area contributed by atoms with Crippen LogP contribution in [0, 0.1) is 0 Å². The van der Waals surface area contributed by atoms with Gasteiger partial charge < -0.3 is 4.42 Å². The molecule has 3 nitrogen and oxygen atoms in total. The van der Waals surface area contributed by atoms with Crippen molar-refractivity contribution in [3.05, 3.63) is 182 Å². The quantitative estimate of drug-likeness (QED) is 0.186. The van der Waals surface area contributed by atoms with Gasteiger partial charge in [-0.05, 0) is 62.5 Å². The average molecular weight is 651 g/mol. The van der Waals surface area contributed by atoms with Crippen LogP contribution in [0.25, 0.3) is 99.6 Å². The van der Waals surface area contributed by atoms with E-state index in [1.54, 1.807) is 0 Å². The summed E-state index contributed by atoms with van der Waals surface area (Å²) in [7, 11) is 0. The molecule has 0 aliphatic heterocycles. The Bertz CT molecular complexity index is 2910. The Morgan fingerprint density at radius 1 is 0.353 bits per heavy atom. The van der Waals surface area contributed by atoms with Gasteiger partial charge in [0, 0.05) is 33.0 Å². The minimum absolute atomic E-state index is 0.699. The van der Waals surface area contributed by atoms with E-state index < -0.39 is 0 Å². The minimum Gasteiger partial charge on any atom is -0.455 e. The SMILES string of the molecule is c1ccc(-c2nc(-c3ccc4cc(-c5cccc6c5oc5ccccc56)ccc4c3)cc(-c3c(-c4ccccc4)ccc4ccccc34)n2)cc1. The number of rotatable bonds is 5. The van der Waals surface area contributed by atoms with Gasteiger partial charge in [-0.3, -0.25) is 0 Å². The molecule has 2 aromatic heterocycles. The van der Waals surface area contributed by atoms with Crippen LogP contribution in [0.15, 0.2) is 186 Å². The predicted molar refractivity (Wildman–Crippen MR) is 212 cm³/mol. The highest BCUT2D eigenvalue weighted by Crippen LogP contribution is 2.40. The third-order valence-electron chi connectivity index (χ3n) is 9.88. The molecular weight excluding hydrogens is 621 g/mol. The van der Waals surface area contributed by atoms with E-state index in [9.17, 15) is 0 Å². The Morgan fingerprint density at radius 3 is 1.80 bits per heavy atom. The molecule has 0 N–H and O–H groups in total. The zero-order valence-electron chi connectivity index (χ0n) is 27.6. The molecular formula is C48H30N2O. The lowest BCUT2D eigenvalue weighted by Crippen LogP contribution is -1.98. The number of nitrogens with zero attached hydrogens (tertiary/aromatic N) is 2. The van der Waals surface area contributed by atoms with E-state index in [0.29, 0.717) is 5.82 Å². The summed E-state index contributed by atoms with van der Waals surface area (Å²) in [5.41, 5.74) is 11.2. The van der Waals surface area contributed by atoms with Crippen LogP contribution < -0.4 is 0 Å². The Morgan fingerprint density at radius 2 is 0.980 bits per heavy atom. The molecule has 0 unspecified atom stereocenters. The molecule has 8 aromatic carbocycles. The highest BCUT2D eigenvalue weighted by Gasteiger charge is 2.18. The number of benzene rings is 8. The zero-order valence-corrected chi connectivity index (χ0v) is 27.6. The van der Waals surface area contributed by atoms with Gasteiger partial charge in [0.05, 0.1) is 11.4 Å². The fraction of sp³-hybridized carbons (Fsp3) is 0. The van der Waals surface area contributed by atoms with Gasteiger partial charge in [-0.2, -0.15) is 0 Å². The van der Waals surface area contributed by atoms with Gasteiger partial charge in [-0.25, -0.2) is 9.97 Å². The number of aromatic nitrogens is 2. The molecule has 0 aliphatic rings. The van der Waals surface area contributed by atoms with Crippen molar-refractivity contribution in [2.45, 2.75) is 0 Å². The summed E-state index contributed by atoms with van der Waals surface area (Å²) in [5.74, 6) is 0.699. The fourth-order valence-electron chi connectivity index (χ4n) is 7.39. The van der Waals surface area contributed by atoms with Crippen LogP contribution in [-0.2, 0) is 0 Å². The normalized spacial score (nSPS) is 11.5. The van der Waals surface area contributed by atoms with E-state index in [0.717, 1.165) is 88.4 Å². The molecule has 0 bridgehead atoms. The van der Waals surface area contributed by atoms with Crippen molar-refractivity contribution in [2.24, 2.45) is 0 Å². The molecule has 0 amide bonds. The van der Waals surface area contributed by atoms with E-state index in [1.165, 1.54) is 5.39 Å². The summed E-state index contributed by atoms with van der Waals surface area (Å²) in [6, 6.07) is 63.9. The molecule has 0 saturated carbocycles. The van der Waals surface area contributed by atoms with E-state index in [-0.39, 0.29) is 0 Å². The highest BCUT2D eigenvalue weighted by molar-refractivity contribution is 6.10. The van der Waals surface area contributed by atoms with Crippen LogP contribution in [-0.4, -0.2) is 9.97 Å². The topological polar surface area (TPSA) is 38.9 Å². The molecule has 238 valence electrons. The first-order valence-corrected chi connectivity index (χ1v) is 17.2. The first-order valence-electron chi connectivity index (χ1n) is 17.2. The van der Waals surface area contributed by atoms with Crippen molar-refractivity contribution in [1.29, 1.82) is 0 Å². The van der Waals surface area contributed by atoms with Gasteiger partial charge in [0.25, 0.3) is 0 Å². The first-order chi connectivity index (χ1) is 25.3. The maximum atomic E-state index is 6.37. The number of hydrogen-bond acceptors (Lipinski definition) is 3. The molecule has 3 heteroatoms. The molecule has 10 aromatic rings. The van der Waals surface area contributed by atoms with Gasteiger partial charge in [-0.15, -0.1) is 0 Å². The number of fused-ring (bicyclic) bond motifs is 5. The maximum Gasteiger partial charge on any atom is 0.160 e. The summed E-state index contributed by atoms with van der Waals surface area (Å²) >= 11 is 0. The standard InChI is InChI=1S/C48H30N2O/c1-3-12-31(13-4-1)39-27-26-32-14-7-8-17-38(32)46(39)44-30-43(49-48(50-44)33-15-5-2-6-16-33)37-25-23-34-28-36(24-22-35(34)29-37)40-19-11-20-42-41-18-9-10-21-45(41)51-47(40)42/h1-30H. The summed E-state index contributed by atoms with van der Waals surface area (Å²) in [6.45, 7) is 0. The highest BCUT2D eigenvalue weighted by atomic mass is 16.3. The summed E-state index contributed by atoms with van der Waals surface area (Å²) in [4.78, 5) is 10.4. The smallest absolute Gasteiger partial charge is 0.160 e. The zero-order chi connectivity index (χ0) is 33.7. The lowest BCUT2D eigenvalue weighted by atomic mass is 9.91. The Labute approximate surface area is 295 Å². The molecule has 0 aliphatic carbocycles. The second-order valence-corrected chi connectivity index (χ2v) is 13.0. The Hall–Kier alpha value is -6.84.